The van der Waals surface area contributed by atoms with E-state index in [1.807, 2.05) is 0 Å². The van der Waals surface area contributed by atoms with Gasteiger partial charge in [0.1, 0.15) is 5.82 Å². The second-order valence-electron chi connectivity index (χ2n) is 8.80. The fourth-order valence-electron chi connectivity index (χ4n) is 5.18. The number of aldehydes is 1. The Morgan fingerprint density at radius 3 is 2.54 bits per heavy atom. The van der Waals surface area contributed by atoms with Crippen molar-refractivity contribution >= 4 is 12.1 Å². The molecule has 28 heavy (non-hydrogen) atoms. The fourth-order valence-corrected chi connectivity index (χ4v) is 5.18. The molecule has 0 aromatic carbocycles. The maximum Gasteiger partial charge on any atom is 0.153 e. The molecule has 0 spiro atoms. The minimum Gasteiger partial charge on any atom is -0.383 e. The van der Waals surface area contributed by atoms with Gasteiger partial charge in [0.25, 0.3) is 0 Å². The molecule has 4 aliphatic rings. The minimum absolute atomic E-state index is 0.272. The van der Waals surface area contributed by atoms with Crippen LogP contribution in [0.15, 0.2) is 18.3 Å². The topological polar surface area (TPSA) is 86.3 Å². The summed E-state index contributed by atoms with van der Waals surface area (Å²) in [6, 6.07) is 5.20. The smallest absolute Gasteiger partial charge is 0.153 e. The van der Waals surface area contributed by atoms with Crippen LogP contribution in [0.1, 0.15) is 47.3 Å². The van der Waals surface area contributed by atoms with Crippen LogP contribution in [0.3, 0.4) is 0 Å². The van der Waals surface area contributed by atoms with Gasteiger partial charge in [-0.05, 0) is 43.2 Å². The van der Waals surface area contributed by atoms with Crippen LogP contribution in [-0.4, -0.2) is 58.3 Å². The van der Waals surface area contributed by atoms with E-state index in [-0.39, 0.29) is 5.82 Å². The van der Waals surface area contributed by atoms with Crippen molar-refractivity contribution in [3.63, 3.8) is 0 Å². The Labute approximate surface area is 163 Å². The number of hydrogen-bond acceptors (Lipinski definition) is 6. The lowest BCUT2D eigenvalue weighted by Gasteiger charge is -2.36. The van der Waals surface area contributed by atoms with Gasteiger partial charge in [-0.15, -0.1) is 0 Å². The number of carbonyl (C=O) groups excluding carboxylic acids is 1. The van der Waals surface area contributed by atoms with E-state index in [0.717, 1.165) is 42.6 Å². The van der Waals surface area contributed by atoms with Crippen LogP contribution in [0.4, 0.5) is 5.82 Å². The molecule has 146 valence electrons. The molecule has 2 saturated heterocycles. The molecule has 2 aliphatic carbocycles. The second-order valence-corrected chi connectivity index (χ2v) is 8.80. The Morgan fingerprint density at radius 2 is 1.93 bits per heavy atom. The number of carbonyl (C=O) groups is 1. The lowest BCUT2D eigenvalue weighted by atomic mass is 9.93. The Kier molecular flexibility index (Phi) is 3.65. The molecule has 7 heteroatoms. The molecule has 4 heterocycles. The summed E-state index contributed by atoms with van der Waals surface area (Å²) >= 11 is 0. The zero-order valence-electron chi connectivity index (χ0n) is 15.8. The predicted octanol–water partition coefficient (Wildman–Crippen LogP) is 2.11. The zero-order chi connectivity index (χ0) is 18.8. The standard InChI is InChI=1S/C21H25N5O2/c22-21-13(9-27)4-12(6-23-21)18-5-19(26(24-18)14-2-1-3-14)20-16-7-25(8-17(16)20)15-10-28-11-15/h4-6,9,14-17,20H,1-3,7-8,10-11H2,(H2,22,23)/t16-,17+,20?. The number of likely N-dealkylation sites (tertiary alicyclic amines) is 1. The van der Waals surface area contributed by atoms with Crippen LogP contribution in [0.2, 0.25) is 0 Å². The van der Waals surface area contributed by atoms with Gasteiger partial charge in [0.15, 0.2) is 6.29 Å². The molecule has 0 amide bonds. The van der Waals surface area contributed by atoms with Gasteiger partial charge in [0.05, 0.1) is 36.6 Å². The molecule has 1 unspecified atom stereocenters. The van der Waals surface area contributed by atoms with Crippen molar-refractivity contribution in [1.82, 2.24) is 19.7 Å². The molecule has 2 aromatic rings. The van der Waals surface area contributed by atoms with E-state index in [1.54, 1.807) is 12.3 Å². The molecule has 2 aromatic heterocycles. The number of anilines is 1. The molecular weight excluding hydrogens is 354 g/mol. The number of nitrogens with zero attached hydrogens (tertiary/aromatic N) is 4. The van der Waals surface area contributed by atoms with Gasteiger partial charge in [0, 0.05) is 36.5 Å². The van der Waals surface area contributed by atoms with Gasteiger partial charge in [0.2, 0.25) is 0 Å². The van der Waals surface area contributed by atoms with E-state index in [0.29, 0.717) is 23.6 Å². The first-order chi connectivity index (χ1) is 13.7. The molecule has 7 nitrogen and oxygen atoms in total. The van der Waals surface area contributed by atoms with E-state index in [2.05, 4.69) is 20.6 Å². The number of pyridine rings is 1. The van der Waals surface area contributed by atoms with Gasteiger partial charge < -0.3 is 10.5 Å². The van der Waals surface area contributed by atoms with Crippen LogP contribution >= 0.6 is 0 Å². The lowest BCUT2D eigenvalue weighted by Crippen LogP contribution is -2.48. The first-order valence-corrected chi connectivity index (χ1v) is 10.3. The number of fused-ring (bicyclic) bond motifs is 1. The number of ether oxygens (including phenoxy) is 1. The van der Waals surface area contributed by atoms with Crippen LogP contribution in [-0.2, 0) is 4.74 Å². The highest BCUT2D eigenvalue weighted by molar-refractivity contribution is 5.84. The molecular formula is C21H25N5O2. The summed E-state index contributed by atoms with van der Waals surface area (Å²) in [5.74, 6) is 2.39. The van der Waals surface area contributed by atoms with E-state index in [4.69, 9.17) is 15.6 Å². The van der Waals surface area contributed by atoms with Gasteiger partial charge in [-0.2, -0.15) is 5.10 Å². The first-order valence-electron chi connectivity index (χ1n) is 10.3. The van der Waals surface area contributed by atoms with Gasteiger partial charge in [-0.25, -0.2) is 4.98 Å². The van der Waals surface area contributed by atoms with Crippen LogP contribution in [0.25, 0.3) is 11.3 Å². The van der Waals surface area contributed by atoms with Crippen molar-refractivity contribution in [3.8, 4) is 11.3 Å². The molecule has 2 N–H and O–H groups in total. The molecule has 2 aliphatic heterocycles. The third-order valence-electron chi connectivity index (χ3n) is 7.26. The first kappa shape index (κ1) is 16.7. The fraction of sp³-hybridized carbons (Fsp3) is 0.571. The number of aromatic nitrogens is 3. The molecule has 6 rings (SSSR count). The van der Waals surface area contributed by atoms with Crippen molar-refractivity contribution < 1.29 is 9.53 Å². The zero-order valence-corrected chi connectivity index (χ0v) is 15.8. The molecule has 0 bridgehead atoms. The highest BCUT2D eigenvalue weighted by Gasteiger charge is 2.59. The highest BCUT2D eigenvalue weighted by atomic mass is 16.5. The summed E-state index contributed by atoms with van der Waals surface area (Å²) in [4.78, 5) is 18.1. The van der Waals surface area contributed by atoms with Crippen molar-refractivity contribution in [2.75, 3.05) is 32.0 Å². The Bertz CT molecular complexity index is 921. The molecule has 3 atom stereocenters. The summed E-state index contributed by atoms with van der Waals surface area (Å²) in [7, 11) is 0. The average Bonchev–Trinajstić information content (AvgIpc) is 2.94. The molecule has 2 saturated carbocycles. The second kappa shape index (κ2) is 6.12. The highest BCUT2D eigenvalue weighted by Crippen LogP contribution is 2.59. The van der Waals surface area contributed by atoms with Crippen LogP contribution in [0.5, 0.6) is 0 Å². The van der Waals surface area contributed by atoms with E-state index in [1.165, 1.54) is 38.0 Å². The van der Waals surface area contributed by atoms with Crippen LogP contribution < -0.4 is 5.73 Å². The normalized spacial score (nSPS) is 29.9. The third-order valence-corrected chi connectivity index (χ3v) is 7.26. The maximum absolute atomic E-state index is 11.3. The minimum atomic E-state index is 0.272. The van der Waals surface area contributed by atoms with Gasteiger partial charge >= 0.3 is 0 Å². The predicted molar refractivity (Wildman–Crippen MR) is 104 cm³/mol. The number of piperidine rings is 1. The Balaban J connectivity index is 1.30. The van der Waals surface area contributed by atoms with Gasteiger partial charge in [-0.3, -0.25) is 14.4 Å². The third kappa shape index (κ3) is 2.46. The molecule has 4 fully saturated rings. The monoisotopic (exact) mass is 379 g/mol. The number of nitrogen functional groups attached to an aromatic ring is 1. The maximum atomic E-state index is 11.3. The van der Waals surface area contributed by atoms with Crippen LogP contribution in [0, 0.1) is 11.8 Å². The van der Waals surface area contributed by atoms with E-state index >= 15 is 0 Å². The van der Waals surface area contributed by atoms with Gasteiger partial charge in [-0.1, -0.05) is 0 Å². The average molecular weight is 379 g/mol. The summed E-state index contributed by atoms with van der Waals surface area (Å²) in [5.41, 5.74) is 9.37. The summed E-state index contributed by atoms with van der Waals surface area (Å²) in [6.45, 7) is 4.18. The Morgan fingerprint density at radius 1 is 1.14 bits per heavy atom. The SMILES string of the molecule is Nc1ncc(-c2cc(C3[C@H]4CN(C5COC5)C[C@@H]34)n(C3CCC3)n2)cc1C=O. The Hall–Kier alpha value is -2.25. The largest absolute Gasteiger partial charge is 0.383 e. The molecule has 0 radical (unpaired) electrons. The quantitative estimate of drug-likeness (QED) is 0.801. The van der Waals surface area contributed by atoms with E-state index in [9.17, 15) is 4.79 Å². The number of rotatable bonds is 5. The van der Waals surface area contributed by atoms with Crippen molar-refractivity contribution in [2.24, 2.45) is 11.8 Å². The van der Waals surface area contributed by atoms with Crippen molar-refractivity contribution in [2.45, 2.75) is 37.3 Å². The van der Waals surface area contributed by atoms with Crippen molar-refractivity contribution in [1.29, 1.82) is 0 Å². The number of nitrogens with two attached hydrogens (primary N) is 1. The van der Waals surface area contributed by atoms with E-state index < -0.39 is 0 Å². The summed E-state index contributed by atoms with van der Waals surface area (Å²) in [6.07, 6.45) is 6.19. The number of hydrogen-bond donors (Lipinski definition) is 1. The lowest BCUT2D eigenvalue weighted by molar-refractivity contribution is -0.0610. The summed E-state index contributed by atoms with van der Waals surface area (Å²) in [5, 5.41) is 4.96. The summed E-state index contributed by atoms with van der Waals surface area (Å²) < 4.78 is 7.65. The van der Waals surface area contributed by atoms with Crippen molar-refractivity contribution in [3.05, 3.63) is 29.6 Å².